The molecule has 1 aromatic carbocycles. The van der Waals surface area contributed by atoms with Crippen LogP contribution >= 0.6 is 0 Å². The average Bonchev–Trinajstić information content (AvgIpc) is 2.55. The van der Waals surface area contributed by atoms with Gasteiger partial charge in [0.15, 0.2) is 0 Å². The largest absolute Gasteiger partial charge is 0.493 e. The lowest BCUT2D eigenvalue weighted by Crippen LogP contribution is -2.35. The number of ether oxygens (including phenoxy) is 2. The zero-order valence-corrected chi connectivity index (χ0v) is 13.3. The van der Waals surface area contributed by atoms with E-state index in [1.54, 1.807) is 25.1 Å². The van der Waals surface area contributed by atoms with Crippen LogP contribution in [0.3, 0.4) is 0 Å². The number of benzene rings is 1. The molecule has 1 aromatic rings. The molecule has 0 radical (unpaired) electrons. The van der Waals surface area contributed by atoms with Crippen LogP contribution in [0.4, 0.5) is 0 Å². The first-order chi connectivity index (χ1) is 10.7. The van der Waals surface area contributed by atoms with E-state index in [9.17, 15) is 9.59 Å². The minimum Gasteiger partial charge on any atom is -0.493 e. The fourth-order valence-corrected chi connectivity index (χ4v) is 2.59. The minimum absolute atomic E-state index is 0.00365. The second kappa shape index (κ2) is 7.82. The third-order valence-corrected chi connectivity index (χ3v) is 3.67. The van der Waals surface area contributed by atoms with Gasteiger partial charge < -0.3 is 14.4 Å². The molecule has 22 heavy (non-hydrogen) atoms. The van der Waals surface area contributed by atoms with Crippen LogP contribution in [0.1, 0.15) is 53.8 Å². The highest BCUT2D eigenvalue weighted by atomic mass is 16.5. The molecule has 0 atom stereocenters. The maximum Gasteiger partial charge on any atom is 0.341 e. The summed E-state index contributed by atoms with van der Waals surface area (Å²) in [6.07, 6.45) is 3.27. The Morgan fingerprint density at radius 2 is 1.82 bits per heavy atom. The number of likely N-dealkylation sites (tertiary alicyclic amines) is 1. The highest BCUT2D eigenvalue weighted by molar-refractivity contribution is 5.98. The summed E-state index contributed by atoms with van der Waals surface area (Å²) in [5, 5.41) is 0. The molecule has 120 valence electrons. The third kappa shape index (κ3) is 3.78. The van der Waals surface area contributed by atoms with E-state index in [0.29, 0.717) is 30.1 Å². The van der Waals surface area contributed by atoms with Crippen molar-refractivity contribution in [2.24, 2.45) is 0 Å². The molecule has 1 aliphatic heterocycles. The lowest BCUT2D eigenvalue weighted by atomic mass is 10.1. The molecule has 0 aromatic heterocycles. The molecule has 0 unspecified atom stereocenters. The van der Waals surface area contributed by atoms with Crippen molar-refractivity contribution in [1.82, 2.24) is 4.90 Å². The van der Waals surface area contributed by atoms with Crippen LogP contribution in [0.2, 0.25) is 0 Å². The molecule has 0 bridgehead atoms. The number of hydrogen-bond acceptors (Lipinski definition) is 4. The summed E-state index contributed by atoms with van der Waals surface area (Å²) in [6.45, 7) is 5.91. The van der Waals surface area contributed by atoms with Crippen molar-refractivity contribution in [3.63, 3.8) is 0 Å². The van der Waals surface area contributed by atoms with Crippen LogP contribution in [-0.2, 0) is 4.74 Å². The molecule has 1 heterocycles. The van der Waals surface area contributed by atoms with E-state index in [-0.39, 0.29) is 5.91 Å². The van der Waals surface area contributed by atoms with E-state index in [1.807, 2.05) is 11.8 Å². The molecular weight excluding hydrogens is 282 g/mol. The Kier molecular flexibility index (Phi) is 5.81. The number of carbonyl (C=O) groups excluding carboxylic acids is 2. The Morgan fingerprint density at radius 1 is 1.09 bits per heavy atom. The van der Waals surface area contributed by atoms with E-state index in [2.05, 4.69) is 0 Å². The zero-order valence-electron chi connectivity index (χ0n) is 13.3. The second-order valence-electron chi connectivity index (χ2n) is 5.22. The van der Waals surface area contributed by atoms with Gasteiger partial charge in [-0.2, -0.15) is 0 Å². The first-order valence-corrected chi connectivity index (χ1v) is 7.90. The highest BCUT2D eigenvalue weighted by Crippen LogP contribution is 2.23. The van der Waals surface area contributed by atoms with Crippen LogP contribution in [0, 0.1) is 0 Å². The predicted molar refractivity (Wildman–Crippen MR) is 83.3 cm³/mol. The standard InChI is InChI=1S/C17H23NO4/c1-3-21-15-12-13(8-9-14(15)17(20)22-4-2)16(19)18-10-6-5-7-11-18/h8-9,12H,3-7,10-11H2,1-2H3. The summed E-state index contributed by atoms with van der Waals surface area (Å²) in [7, 11) is 0. The molecule has 0 aliphatic carbocycles. The number of esters is 1. The Balaban J connectivity index is 2.24. The SMILES string of the molecule is CCOC(=O)c1ccc(C(=O)N2CCCCC2)cc1OCC. The summed E-state index contributed by atoms with van der Waals surface area (Å²) in [6, 6.07) is 4.93. The fourth-order valence-electron chi connectivity index (χ4n) is 2.59. The maximum absolute atomic E-state index is 12.5. The molecule has 0 spiro atoms. The van der Waals surface area contributed by atoms with Gasteiger partial charge in [0.1, 0.15) is 11.3 Å². The number of nitrogens with zero attached hydrogens (tertiary/aromatic N) is 1. The Labute approximate surface area is 131 Å². The van der Waals surface area contributed by atoms with Crippen molar-refractivity contribution in [3.8, 4) is 5.75 Å². The molecule has 1 aliphatic rings. The van der Waals surface area contributed by atoms with Crippen molar-refractivity contribution in [2.75, 3.05) is 26.3 Å². The zero-order chi connectivity index (χ0) is 15.9. The lowest BCUT2D eigenvalue weighted by Gasteiger charge is -2.27. The van der Waals surface area contributed by atoms with E-state index in [4.69, 9.17) is 9.47 Å². The van der Waals surface area contributed by atoms with Crippen molar-refractivity contribution < 1.29 is 19.1 Å². The van der Waals surface area contributed by atoms with Crippen molar-refractivity contribution in [1.29, 1.82) is 0 Å². The van der Waals surface area contributed by atoms with Crippen molar-refractivity contribution in [3.05, 3.63) is 29.3 Å². The van der Waals surface area contributed by atoms with Crippen molar-refractivity contribution in [2.45, 2.75) is 33.1 Å². The monoisotopic (exact) mass is 305 g/mol. The van der Waals surface area contributed by atoms with E-state index < -0.39 is 5.97 Å². The van der Waals surface area contributed by atoms with Crippen LogP contribution in [-0.4, -0.2) is 43.1 Å². The molecule has 1 saturated heterocycles. The molecule has 5 heteroatoms. The molecule has 2 rings (SSSR count). The predicted octanol–water partition coefficient (Wildman–Crippen LogP) is 2.89. The highest BCUT2D eigenvalue weighted by Gasteiger charge is 2.21. The van der Waals surface area contributed by atoms with Gasteiger partial charge in [0.25, 0.3) is 5.91 Å². The van der Waals surface area contributed by atoms with Gasteiger partial charge in [-0.1, -0.05) is 0 Å². The van der Waals surface area contributed by atoms with Crippen LogP contribution in [0.25, 0.3) is 0 Å². The Morgan fingerprint density at radius 3 is 2.45 bits per heavy atom. The van der Waals surface area contributed by atoms with Crippen LogP contribution in [0.15, 0.2) is 18.2 Å². The normalized spacial score (nSPS) is 14.5. The lowest BCUT2D eigenvalue weighted by molar-refractivity contribution is 0.0521. The summed E-state index contributed by atoms with van der Waals surface area (Å²) in [5.74, 6) is -0.0252. The molecule has 1 amide bonds. The smallest absolute Gasteiger partial charge is 0.341 e. The molecule has 1 fully saturated rings. The van der Waals surface area contributed by atoms with Gasteiger partial charge in [0.05, 0.1) is 13.2 Å². The molecular formula is C17H23NO4. The number of carbonyl (C=O) groups is 2. The van der Waals surface area contributed by atoms with Gasteiger partial charge >= 0.3 is 5.97 Å². The first kappa shape index (κ1) is 16.3. The van der Waals surface area contributed by atoms with Gasteiger partial charge in [-0.3, -0.25) is 4.79 Å². The average molecular weight is 305 g/mol. The fraction of sp³-hybridized carbons (Fsp3) is 0.529. The van der Waals surface area contributed by atoms with E-state index in [0.717, 1.165) is 25.9 Å². The summed E-state index contributed by atoms with van der Waals surface area (Å²) in [4.78, 5) is 26.3. The molecule has 0 saturated carbocycles. The Hall–Kier alpha value is -2.04. The summed E-state index contributed by atoms with van der Waals surface area (Å²) >= 11 is 0. The van der Waals surface area contributed by atoms with Gasteiger partial charge in [-0.15, -0.1) is 0 Å². The number of piperidine rings is 1. The van der Waals surface area contributed by atoms with Gasteiger partial charge in [0, 0.05) is 18.7 Å². The maximum atomic E-state index is 12.5. The molecule has 5 nitrogen and oxygen atoms in total. The van der Waals surface area contributed by atoms with Gasteiger partial charge in [-0.25, -0.2) is 4.79 Å². The Bertz CT molecular complexity index is 535. The summed E-state index contributed by atoms with van der Waals surface area (Å²) in [5.41, 5.74) is 0.914. The van der Waals surface area contributed by atoms with Gasteiger partial charge in [0.2, 0.25) is 0 Å². The van der Waals surface area contributed by atoms with Crippen LogP contribution in [0.5, 0.6) is 5.75 Å². The number of hydrogen-bond donors (Lipinski definition) is 0. The quantitative estimate of drug-likeness (QED) is 0.785. The van der Waals surface area contributed by atoms with Crippen molar-refractivity contribution >= 4 is 11.9 Å². The van der Waals surface area contributed by atoms with E-state index in [1.165, 1.54) is 6.42 Å². The second-order valence-corrected chi connectivity index (χ2v) is 5.22. The van der Waals surface area contributed by atoms with Crippen LogP contribution < -0.4 is 4.74 Å². The summed E-state index contributed by atoms with van der Waals surface area (Å²) < 4.78 is 10.5. The van der Waals surface area contributed by atoms with Gasteiger partial charge in [-0.05, 0) is 51.3 Å². The van der Waals surface area contributed by atoms with E-state index >= 15 is 0 Å². The topological polar surface area (TPSA) is 55.8 Å². The third-order valence-electron chi connectivity index (χ3n) is 3.67. The number of rotatable bonds is 5. The number of amides is 1. The molecule has 0 N–H and O–H groups in total. The minimum atomic E-state index is -0.428. The first-order valence-electron chi connectivity index (χ1n) is 7.90.